The first-order chi connectivity index (χ1) is 12.2. The summed E-state index contributed by atoms with van der Waals surface area (Å²) in [5, 5.41) is 15.1. The zero-order valence-electron chi connectivity index (χ0n) is 14.4. The van der Waals surface area contributed by atoms with Crippen LogP contribution in [0.5, 0.6) is 5.75 Å². The molecule has 2 N–H and O–H groups in total. The quantitative estimate of drug-likeness (QED) is 0.749. The van der Waals surface area contributed by atoms with Crippen LogP contribution in [0.15, 0.2) is 54.7 Å². The summed E-state index contributed by atoms with van der Waals surface area (Å²) in [5.74, 6) is 0.268. The number of para-hydroxylation sites is 2. The topological polar surface area (TPSA) is 48.4 Å². The van der Waals surface area contributed by atoms with Crippen LogP contribution in [-0.2, 0) is 0 Å². The number of rotatable bonds is 3. The molecule has 25 heavy (non-hydrogen) atoms. The maximum atomic E-state index is 10.4. The highest BCUT2D eigenvalue weighted by molar-refractivity contribution is 5.94. The normalized spacial score (nSPS) is 15.5. The molecule has 1 fully saturated rings. The van der Waals surface area contributed by atoms with Gasteiger partial charge in [-0.2, -0.15) is 0 Å². The zero-order valence-corrected chi connectivity index (χ0v) is 14.4. The lowest BCUT2D eigenvalue weighted by Gasteiger charge is -2.35. The van der Waals surface area contributed by atoms with E-state index in [4.69, 9.17) is 0 Å². The predicted octanol–water partition coefficient (Wildman–Crippen LogP) is 4.33. The molecule has 0 amide bonds. The molecule has 128 valence electrons. The van der Waals surface area contributed by atoms with Crippen LogP contribution >= 0.6 is 0 Å². The van der Waals surface area contributed by atoms with E-state index in [-0.39, 0.29) is 5.75 Å². The molecule has 1 aliphatic heterocycles. The number of hydrogen-bond acceptors (Lipinski definition) is 4. The highest BCUT2D eigenvalue weighted by atomic mass is 16.3. The first-order valence-electron chi connectivity index (χ1n) is 8.86. The van der Waals surface area contributed by atoms with Gasteiger partial charge in [-0.3, -0.25) is 4.98 Å². The van der Waals surface area contributed by atoms with Crippen LogP contribution in [0.25, 0.3) is 10.9 Å². The highest BCUT2D eigenvalue weighted by Gasteiger charge is 2.23. The summed E-state index contributed by atoms with van der Waals surface area (Å²) in [6, 6.07) is 16.9. The number of benzene rings is 2. The largest absolute Gasteiger partial charge is 0.504 e. The summed E-state index contributed by atoms with van der Waals surface area (Å²) < 4.78 is 0. The van der Waals surface area contributed by atoms with Crippen LogP contribution in [0.1, 0.15) is 18.4 Å². The van der Waals surface area contributed by atoms with Crippen molar-refractivity contribution in [1.29, 1.82) is 0 Å². The van der Waals surface area contributed by atoms with Crippen LogP contribution in [0.4, 0.5) is 11.4 Å². The summed E-state index contributed by atoms with van der Waals surface area (Å²) in [4.78, 5) is 6.61. The Labute approximate surface area is 148 Å². The van der Waals surface area contributed by atoms with Gasteiger partial charge in [0.25, 0.3) is 0 Å². The van der Waals surface area contributed by atoms with E-state index >= 15 is 0 Å². The standard InChI is InChI=1S/C21H23N3O/c1-15-6-2-4-8-18(15)23-16-10-12-24(13-11-16)21-17-7-3-5-9-19(17)22-14-20(21)25/h2-9,14,16,23,25H,10-13H2,1H3. The average molecular weight is 333 g/mol. The Morgan fingerprint density at radius 1 is 1.04 bits per heavy atom. The number of hydrogen-bond donors (Lipinski definition) is 2. The molecule has 2 heterocycles. The van der Waals surface area contributed by atoms with Gasteiger partial charge >= 0.3 is 0 Å². The van der Waals surface area contributed by atoms with Gasteiger partial charge in [0.15, 0.2) is 5.75 Å². The molecular weight excluding hydrogens is 310 g/mol. The first kappa shape index (κ1) is 15.8. The molecule has 0 bridgehead atoms. The second kappa shape index (κ2) is 6.63. The monoisotopic (exact) mass is 333 g/mol. The Balaban J connectivity index is 1.51. The van der Waals surface area contributed by atoms with Crippen molar-refractivity contribution in [2.75, 3.05) is 23.3 Å². The van der Waals surface area contributed by atoms with Gasteiger partial charge in [-0.1, -0.05) is 36.4 Å². The molecule has 0 aliphatic carbocycles. The number of aromatic hydroxyl groups is 1. The summed E-state index contributed by atoms with van der Waals surface area (Å²) in [5.41, 5.74) is 4.34. The van der Waals surface area contributed by atoms with Crippen LogP contribution in [0.2, 0.25) is 0 Å². The molecule has 0 unspecified atom stereocenters. The van der Waals surface area contributed by atoms with Crippen molar-refractivity contribution < 1.29 is 5.11 Å². The minimum absolute atomic E-state index is 0.268. The number of anilines is 2. The SMILES string of the molecule is Cc1ccccc1NC1CCN(c2c(O)cnc3ccccc23)CC1. The Morgan fingerprint density at radius 2 is 1.76 bits per heavy atom. The van der Waals surface area contributed by atoms with E-state index < -0.39 is 0 Å². The van der Waals surface area contributed by atoms with E-state index in [9.17, 15) is 5.11 Å². The molecule has 0 atom stereocenters. The summed E-state index contributed by atoms with van der Waals surface area (Å²) in [6.45, 7) is 3.98. The maximum absolute atomic E-state index is 10.4. The van der Waals surface area contributed by atoms with E-state index in [2.05, 4.69) is 46.4 Å². The van der Waals surface area contributed by atoms with Gasteiger partial charge in [0.2, 0.25) is 0 Å². The molecule has 0 saturated carbocycles. The zero-order chi connectivity index (χ0) is 17.2. The van der Waals surface area contributed by atoms with Gasteiger partial charge in [-0.05, 0) is 37.5 Å². The lowest BCUT2D eigenvalue weighted by atomic mass is 10.0. The Morgan fingerprint density at radius 3 is 2.56 bits per heavy atom. The number of pyridine rings is 1. The third-order valence-electron chi connectivity index (χ3n) is 5.04. The smallest absolute Gasteiger partial charge is 0.157 e. The molecule has 3 aromatic rings. The predicted molar refractivity (Wildman–Crippen MR) is 103 cm³/mol. The van der Waals surface area contributed by atoms with Crippen molar-refractivity contribution in [3.8, 4) is 5.75 Å². The van der Waals surface area contributed by atoms with E-state index in [0.29, 0.717) is 6.04 Å². The third-order valence-corrected chi connectivity index (χ3v) is 5.04. The fourth-order valence-electron chi connectivity index (χ4n) is 3.65. The molecule has 0 spiro atoms. The summed E-state index contributed by atoms with van der Waals surface area (Å²) in [7, 11) is 0. The van der Waals surface area contributed by atoms with Gasteiger partial charge in [-0.25, -0.2) is 0 Å². The van der Waals surface area contributed by atoms with Crippen molar-refractivity contribution in [3.05, 3.63) is 60.3 Å². The Hall–Kier alpha value is -2.75. The van der Waals surface area contributed by atoms with E-state index in [1.54, 1.807) is 6.20 Å². The minimum Gasteiger partial charge on any atom is -0.504 e. The van der Waals surface area contributed by atoms with Crippen molar-refractivity contribution in [2.24, 2.45) is 0 Å². The molecule has 1 saturated heterocycles. The van der Waals surface area contributed by atoms with E-state index in [1.807, 2.05) is 24.3 Å². The van der Waals surface area contributed by atoms with Crippen molar-refractivity contribution in [2.45, 2.75) is 25.8 Å². The second-order valence-electron chi connectivity index (χ2n) is 6.73. The molecule has 1 aromatic heterocycles. The van der Waals surface area contributed by atoms with Crippen LogP contribution < -0.4 is 10.2 Å². The van der Waals surface area contributed by atoms with Crippen molar-refractivity contribution >= 4 is 22.3 Å². The number of aryl methyl sites for hydroxylation is 1. The molecular formula is C21H23N3O. The fraction of sp³-hybridized carbons (Fsp3) is 0.286. The van der Waals surface area contributed by atoms with Crippen LogP contribution in [-0.4, -0.2) is 29.2 Å². The van der Waals surface area contributed by atoms with E-state index in [1.165, 1.54) is 11.3 Å². The first-order valence-corrected chi connectivity index (χ1v) is 8.86. The molecule has 1 aliphatic rings. The molecule has 4 nitrogen and oxygen atoms in total. The van der Waals surface area contributed by atoms with Gasteiger partial charge in [0.1, 0.15) is 0 Å². The Bertz CT molecular complexity index is 885. The van der Waals surface area contributed by atoms with Crippen LogP contribution in [0, 0.1) is 6.92 Å². The number of fused-ring (bicyclic) bond motifs is 1. The average Bonchev–Trinajstić information content (AvgIpc) is 2.64. The van der Waals surface area contributed by atoms with Gasteiger partial charge in [0, 0.05) is 30.2 Å². The number of aromatic nitrogens is 1. The van der Waals surface area contributed by atoms with Gasteiger partial charge < -0.3 is 15.3 Å². The van der Waals surface area contributed by atoms with Crippen molar-refractivity contribution in [3.63, 3.8) is 0 Å². The molecule has 0 radical (unpaired) electrons. The van der Waals surface area contributed by atoms with E-state index in [0.717, 1.165) is 42.5 Å². The summed E-state index contributed by atoms with van der Waals surface area (Å²) in [6.07, 6.45) is 3.66. The summed E-state index contributed by atoms with van der Waals surface area (Å²) >= 11 is 0. The highest BCUT2D eigenvalue weighted by Crippen LogP contribution is 2.36. The van der Waals surface area contributed by atoms with Crippen molar-refractivity contribution in [1.82, 2.24) is 4.98 Å². The maximum Gasteiger partial charge on any atom is 0.157 e. The lowest BCUT2D eigenvalue weighted by molar-refractivity contribution is 0.464. The molecule has 4 heteroatoms. The number of nitrogens with one attached hydrogen (secondary N) is 1. The number of piperidine rings is 1. The minimum atomic E-state index is 0.268. The molecule has 4 rings (SSSR count). The lowest BCUT2D eigenvalue weighted by Crippen LogP contribution is -2.39. The third kappa shape index (κ3) is 3.12. The van der Waals surface area contributed by atoms with Gasteiger partial charge in [0.05, 0.1) is 17.4 Å². The van der Waals surface area contributed by atoms with Gasteiger partial charge in [-0.15, -0.1) is 0 Å². The Kier molecular flexibility index (Phi) is 4.18. The second-order valence-corrected chi connectivity index (χ2v) is 6.73. The van der Waals surface area contributed by atoms with Crippen LogP contribution in [0.3, 0.4) is 0 Å². The molecule has 2 aromatic carbocycles. The fourth-order valence-corrected chi connectivity index (χ4v) is 3.65. The number of nitrogens with zero attached hydrogens (tertiary/aromatic N) is 2.